The molecule has 0 aliphatic carbocycles. The zero-order valence-corrected chi connectivity index (χ0v) is 17.9. The van der Waals surface area contributed by atoms with Crippen LogP contribution in [0, 0.1) is 13.8 Å². The van der Waals surface area contributed by atoms with E-state index in [1.165, 1.54) is 11.8 Å². The van der Waals surface area contributed by atoms with Crippen LogP contribution in [0.3, 0.4) is 0 Å². The maximum absolute atomic E-state index is 11.9. The van der Waals surface area contributed by atoms with Gasteiger partial charge in [-0.1, -0.05) is 29.4 Å². The molecule has 7 nitrogen and oxygen atoms in total. The van der Waals surface area contributed by atoms with Crippen molar-refractivity contribution in [2.75, 3.05) is 23.4 Å². The van der Waals surface area contributed by atoms with Gasteiger partial charge in [-0.25, -0.2) is 4.98 Å². The Labute approximate surface area is 177 Å². The topological polar surface area (TPSA) is 97.1 Å². The zero-order valence-electron chi connectivity index (χ0n) is 16.2. The number of carbonyl (C=O) groups excluding carboxylic acids is 2. The van der Waals surface area contributed by atoms with Crippen molar-refractivity contribution in [3.05, 3.63) is 52.0 Å². The van der Waals surface area contributed by atoms with Gasteiger partial charge < -0.3 is 15.2 Å². The number of aryl methyl sites for hydroxylation is 2. The molecule has 0 aliphatic rings. The number of nitrogens with zero attached hydrogens (tertiary/aromatic N) is 2. The van der Waals surface area contributed by atoms with Crippen LogP contribution >= 0.6 is 23.1 Å². The lowest BCUT2D eigenvalue weighted by molar-refractivity contribution is -0.118. The molecular formula is C20H22N4O3S2. The molecule has 0 saturated heterocycles. The third-order valence-corrected chi connectivity index (χ3v) is 5.67. The van der Waals surface area contributed by atoms with Crippen LogP contribution in [0.4, 0.5) is 5.82 Å². The highest BCUT2D eigenvalue weighted by Gasteiger charge is 2.08. The molecule has 0 bridgehead atoms. The molecule has 0 aliphatic heterocycles. The molecule has 0 atom stereocenters. The molecule has 0 unspecified atom stereocenters. The molecule has 2 heterocycles. The molecule has 9 heteroatoms. The Morgan fingerprint density at radius 3 is 2.55 bits per heavy atom. The molecule has 152 valence electrons. The highest BCUT2D eigenvalue weighted by atomic mass is 32.2. The van der Waals surface area contributed by atoms with Gasteiger partial charge in [0.25, 0.3) is 0 Å². The Bertz CT molecular complexity index is 966. The van der Waals surface area contributed by atoms with Crippen LogP contribution in [-0.2, 0) is 16.0 Å². The highest BCUT2D eigenvalue weighted by Crippen LogP contribution is 2.21. The van der Waals surface area contributed by atoms with Gasteiger partial charge in [-0.05, 0) is 25.8 Å². The molecule has 1 aromatic carbocycles. The van der Waals surface area contributed by atoms with Gasteiger partial charge in [0.2, 0.25) is 11.8 Å². The fourth-order valence-corrected chi connectivity index (χ4v) is 3.85. The minimum Gasteiger partial charge on any atom is -0.360 e. The summed E-state index contributed by atoms with van der Waals surface area (Å²) in [5, 5.41) is 12.3. The summed E-state index contributed by atoms with van der Waals surface area (Å²) in [6.45, 7) is 4.30. The second-order valence-electron chi connectivity index (χ2n) is 6.41. The SMILES string of the molecule is Cc1cc(NC(=O)CSCC(=O)NCCc2ccc(-c3csc(C)n3)cc2)no1. The number of hydrogen-bond acceptors (Lipinski definition) is 7. The van der Waals surface area contributed by atoms with Gasteiger partial charge in [0.1, 0.15) is 5.76 Å². The van der Waals surface area contributed by atoms with E-state index in [9.17, 15) is 9.59 Å². The van der Waals surface area contributed by atoms with E-state index >= 15 is 0 Å². The lowest BCUT2D eigenvalue weighted by atomic mass is 10.1. The fourth-order valence-electron chi connectivity index (χ4n) is 2.58. The van der Waals surface area contributed by atoms with Crippen LogP contribution in [0.25, 0.3) is 11.3 Å². The monoisotopic (exact) mass is 430 g/mol. The summed E-state index contributed by atoms with van der Waals surface area (Å²) in [5.74, 6) is 1.11. The van der Waals surface area contributed by atoms with E-state index in [-0.39, 0.29) is 23.3 Å². The summed E-state index contributed by atoms with van der Waals surface area (Å²) in [6, 6.07) is 9.86. The van der Waals surface area contributed by atoms with Crippen molar-refractivity contribution in [1.29, 1.82) is 0 Å². The first-order valence-corrected chi connectivity index (χ1v) is 11.1. The van der Waals surface area contributed by atoms with Crippen LogP contribution < -0.4 is 10.6 Å². The van der Waals surface area contributed by atoms with E-state index in [0.29, 0.717) is 18.1 Å². The van der Waals surface area contributed by atoms with Crippen molar-refractivity contribution < 1.29 is 14.1 Å². The van der Waals surface area contributed by atoms with Crippen LogP contribution in [0.15, 0.2) is 40.2 Å². The maximum atomic E-state index is 11.9. The fraction of sp³-hybridized carbons (Fsp3) is 0.300. The van der Waals surface area contributed by atoms with Gasteiger partial charge in [-0.15, -0.1) is 23.1 Å². The lowest BCUT2D eigenvalue weighted by Crippen LogP contribution is -2.28. The summed E-state index contributed by atoms with van der Waals surface area (Å²) < 4.78 is 4.88. The van der Waals surface area contributed by atoms with Crippen molar-refractivity contribution in [3.63, 3.8) is 0 Å². The third kappa shape index (κ3) is 6.72. The molecule has 3 aromatic rings. The smallest absolute Gasteiger partial charge is 0.235 e. The summed E-state index contributed by atoms with van der Waals surface area (Å²) in [4.78, 5) is 28.2. The summed E-state index contributed by atoms with van der Waals surface area (Å²) in [6.07, 6.45) is 0.749. The maximum Gasteiger partial charge on any atom is 0.235 e. The average Bonchev–Trinajstić information content (AvgIpc) is 3.30. The Morgan fingerprint density at radius 1 is 1.14 bits per heavy atom. The third-order valence-electron chi connectivity index (χ3n) is 3.97. The Balaban J connectivity index is 1.32. The Kier molecular flexibility index (Phi) is 7.42. The average molecular weight is 431 g/mol. The quantitative estimate of drug-likeness (QED) is 0.540. The van der Waals surface area contributed by atoms with E-state index in [0.717, 1.165) is 28.2 Å². The number of hydrogen-bond donors (Lipinski definition) is 2. The molecular weight excluding hydrogens is 408 g/mol. The standard InChI is InChI=1S/C20H22N4O3S2/c1-13-9-18(24-27-13)23-20(26)12-28-11-19(25)21-8-7-15-3-5-16(6-4-15)17-10-29-14(2)22-17/h3-6,9-10H,7-8,11-12H2,1-2H3,(H,21,25)(H,23,24,26). The number of thiazole rings is 1. The molecule has 2 aromatic heterocycles. The Morgan fingerprint density at radius 2 is 1.90 bits per heavy atom. The molecule has 2 amide bonds. The zero-order chi connectivity index (χ0) is 20.6. The van der Waals surface area contributed by atoms with Crippen molar-refractivity contribution >= 4 is 40.7 Å². The number of anilines is 1. The number of amides is 2. The molecule has 0 saturated carbocycles. The number of benzene rings is 1. The first kappa shape index (κ1) is 21.1. The molecule has 29 heavy (non-hydrogen) atoms. The van der Waals surface area contributed by atoms with Crippen molar-refractivity contribution in [2.45, 2.75) is 20.3 Å². The Hall–Kier alpha value is -2.65. The minimum absolute atomic E-state index is 0.0883. The molecule has 0 spiro atoms. The van der Waals surface area contributed by atoms with Gasteiger partial charge in [-0.2, -0.15) is 0 Å². The van der Waals surface area contributed by atoms with Gasteiger partial charge in [0, 0.05) is 23.6 Å². The van der Waals surface area contributed by atoms with E-state index in [4.69, 9.17) is 4.52 Å². The number of nitrogens with one attached hydrogen (secondary N) is 2. The summed E-state index contributed by atoms with van der Waals surface area (Å²) in [7, 11) is 0. The van der Waals surface area contributed by atoms with E-state index in [1.54, 1.807) is 24.3 Å². The van der Waals surface area contributed by atoms with Crippen molar-refractivity contribution in [3.8, 4) is 11.3 Å². The van der Waals surface area contributed by atoms with E-state index < -0.39 is 0 Å². The van der Waals surface area contributed by atoms with Gasteiger partial charge >= 0.3 is 0 Å². The van der Waals surface area contributed by atoms with Crippen molar-refractivity contribution in [1.82, 2.24) is 15.5 Å². The first-order valence-electron chi connectivity index (χ1n) is 9.08. The first-order chi connectivity index (χ1) is 14.0. The van der Waals surface area contributed by atoms with Gasteiger partial charge in [-0.3, -0.25) is 9.59 Å². The molecule has 0 radical (unpaired) electrons. The number of aromatic nitrogens is 2. The number of thioether (sulfide) groups is 1. The van der Waals surface area contributed by atoms with Gasteiger partial charge in [0.05, 0.1) is 22.2 Å². The van der Waals surface area contributed by atoms with E-state index in [2.05, 4.69) is 50.4 Å². The second-order valence-corrected chi connectivity index (χ2v) is 8.46. The summed E-state index contributed by atoms with van der Waals surface area (Å²) in [5.41, 5.74) is 3.24. The lowest BCUT2D eigenvalue weighted by Gasteiger charge is -2.06. The highest BCUT2D eigenvalue weighted by molar-refractivity contribution is 8.00. The predicted molar refractivity (Wildman–Crippen MR) is 116 cm³/mol. The molecule has 0 fully saturated rings. The minimum atomic E-state index is -0.216. The predicted octanol–water partition coefficient (Wildman–Crippen LogP) is 3.45. The van der Waals surface area contributed by atoms with Crippen LogP contribution in [0.1, 0.15) is 16.3 Å². The normalized spacial score (nSPS) is 10.7. The van der Waals surface area contributed by atoms with Crippen LogP contribution in [0.5, 0.6) is 0 Å². The summed E-state index contributed by atoms with van der Waals surface area (Å²) >= 11 is 2.89. The van der Waals surface area contributed by atoms with Crippen LogP contribution in [0.2, 0.25) is 0 Å². The number of rotatable bonds is 9. The second kappa shape index (κ2) is 10.2. The molecule has 2 N–H and O–H groups in total. The van der Waals surface area contributed by atoms with Crippen LogP contribution in [-0.4, -0.2) is 40.0 Å². The number of carbonyl (C=O) groups is 2. The largest absolute Gasteiger partial charge is 0.360 e. The molecule has 3 rings (SSSR count). The van der Waals surface area contributed by atoms with E-state index in [1.807, 2.05) is 6.92 Å². The van der Waals surface area contributed by atoms with Gasteiger partial charge in [0.15, 0.2) is 5.82 Å². The van der Waals surface area contributed by atoms with Crippen molar-refractivity contribution in [2.24, 2.45) is 0 Å².